The average molecular weight is 396 g/mol. The molecule has 2 N–H and O–H groups in total. The normalized spacial score (nSPS) is 23.1. The van der Waals surface area contributed by atoms with E-state index in [1.807, 2.05) is 9.80 Å². The summed E-state index contributed by atoms with van der Waals surface area (Å²) in [5, 5.41) is 0. The van der Waals surface area contributed by atoms with Crippen molar-refractivity contribution in [3.8, 4) is 5.75 Å². The maximum Gasteiger partial charge on any atom is 0.142 e. The Labute approximate surface area is 176 Å². The third kappa shape index (κ3) is 5.31. The van der Waals surface area contributed by atoms with Gasteiger partial charge in [0, 0.05) is 19.3 Å². The van der Waals surface area contributed by atoms with E-state index in [9.17, 15) is 0 Å². The number of rotatable bonds is 7. The Kier molecular flexibility index (Phi) is 7.07. The topological polar surface area (TPSA) is 21.4 Å². The van der Waals surface area contributed by atoms with Crippen molar-refractivity contribution in [2.24, 2.45) is 0 Å². The predicted octanol–water partition coefficient (Wildman–Crippen LogP) is 1.08. The van der Waals surface area contributed by atoms with E-state index in [0.29, 0.717) is 0 Å². The van der Waals surface area contributed by atoms with Gasteiger partial charge in [-0.2, -0.15) is 0 Å². The van der Waals surface area contributed by atoms with Crippen LogP contribution in [0.5, 0.6) is 5.75 Å². The van der Waals surface area contributed by atoms with Gasteiger partial charge in [-0.05, 0) is 24.1 Å². The smallest absolute Gasteiger partial charge is 0.142 e. The van der Waals surface area contributed by atoms with E-state index in [4.69, 9.17) is 4.74 Å². The molecule has 0 aliphatic carbocycles. The van der Waals surface area contributed by atoms with E-state index in [-0.39, 0.29) is 0 Å². The number of nitrogens with zero attached hydrogens (tertiary/aromatic N) is 1. The summed E-state index contributed by atoms with van der Waals surface area (Å²) in [6, 6.07) is 20.3. The summed E-state index contributed by atoms with van der Waals surface area (Å²) in [6.45, 7) is 8.84. The Morgan fingerprint density at radius 1 is 0.897 bits per heavy atom. The van der Waals surface area contributed by atoms with Gasteiger partial charge in [0.05, 0.1) is 64.7 Å². The van der Waals surface area contributed by atoms with Gasteiger partial charge in [0.1, 0.15) is 5.75 Å². The van der Waals surface area contributed by atoms with Gasteiger partial charge >= 0.3 is 0 Å². The quantitative estimate of drug-likeness (QED) is 0.732. The maximum absolute atomic E-state index is 5.56. The molecule has 0 spiro atoms. The van der Waals surface area contributed by atoms with Crippen molar-refractivity contribution < 1.29 is 14.5 Å². The van der Waals surface area contributed by atoms with Crippen LogP contribution >= 0.6 is 0 Å². The van der Waals surface area contributed by atoms with Crippen LogP contribution in [0.2, 0.25) is 0 Å². The SMILES string of the molecule is COc1ccccc1N1CC[NH+](C2CC[NH+](CCCc3ccccc3)CC2)CC1. The zero-order valence-corrected chi connectivity index (χ0v) is 17.9. The molecule has 2 saturated heterocycles. The van der Waals surface area contributed by atoms with Crippen LogP contribution in [-0.2, 0) is 6.42 Å². The molecule has 2 aromatic carbocycles. The summed E-state index contributed by atoms with van der Waals surface area (Å²) in [4.78, 5) is 6.16. The van der Waals surface area contributed by atoms with Gasteiger partial charge in [-0.1, -0.05) is 42.5 Å². The largest absolute Gasteiger partial charge is 0.495 e. The summed E-state index contributed by atoms with van der Waals surface area (Å²) < 4.78 is 5.56. The standard InChI is InChI=1S/C25H35N3O/c1-29-25-12-6-5-11-24(25)28-20-18-27(19-21-28)23-13-16-26(17-14-23)15-7-10-22-8-3-2-4-9-22/h2-6,8-9,11-12,23H,7,10,13-21H2,1H3/p+2. The molecule has 0 aromatic heterocycles. The van der Waals surface area contributed by atoms with Gasteiger partial charge in [-0.15, -0.1) is 0 Å². The first-order chi connectivity index (χ1) is 14.3. The van der Waals surface area contributed by atoms with Crippen LogP contribution in [0.1, 0.15) is 24.8 Å². The number of anilines is 1. The molecule has 2 fully saturated rings. The Bertz CT molecular complexity index is 735. The van der Waals surface area contributed by atoms with Gasteiger partial charge in [-0.3, -0.25) is 0 Å². The molecule has 2 aliphatic rings. The summed E-state index contributed by atoms with van der Waals surface area (Å²) in [5.74, 6) is 1.00. The number of hydrogen-bond acceptors (Lipinski definition) is 2. The number of benzene rings is 2. The molecule has 4 rings (SSSR count). The molecule has 0 amide bonds. The second kappa shape index (κ2) is 10.1. The van der Waals surface area contributed by atoms with Crippen LogP contribution < -0.4 is 19.4 Å². The van der Waals surface area contributed by atoms with Gasteiger partial charge in [0.25, 0.3) is 0 Å². The average Bonchev–Trinajstić information content (AvgIpc) is 2.80. The molecule has 2 aromatic rings. The molecule has 2 aliphatic heterocycles. The van der Waals surface area contributed by atoms with Crippen LogP contribution in [0.4, 0.5) is 5.69 Å². The number of quaternary nitrogens is 2. The molecular formula is C25H37N3O+2. The predicted molar refractivity (Wildman–Crippen MR) is 119 cm³/mol. The summed E-state index contributed by atoms with van der Waals surface area (Å²) in [5.41, 5.74) is 2.74. The van der Waals surface area contributed by atoms with E-state index in [1.54, 1.807) is 7.11 Å². The number of piperazine rings is 1. The van der Waals surface area contributed by atoms with Crippen LogP contribution in [-0.4, -0.2) is 59.0 Å². The summed E-state index contributed by atoms with van der Waals surface area (Å²) in [7, 11) is 1.77. The lowest BCUT2D eigenvalue weighted by atomic mass is 10.0. The lowest BCUT2D eigenvalue weighted by Crippen LogP contribution is -3.22. The summed E-state index contributed by atoms with van der Waals surface area (Å²) >= 11 is 0. The molecule has 29 heavy (non-hydrogen) atoms. The minimum atomic E-state index is 0.868. The summed E-state index contributed by atoms with van der Waals surface area (Å²) in [6.07, 6.45) is 5.33. The highest BCUT2D eigenvalue weighted by Crippen LogP contribution is 2.27. The molecule has 0 atom stereocenters. The van der Waals surface area contributed by atoms with Crippen LogP contribution in [0.25, 0.3) is 0 Å². The Hall–Kier alpha value is -2.04. The van der Waals surface area contributed by atoms with E-state index < -0.39 is 0 Å². The van der Waals surface area contributed by atoms with Crippen LogP contribution in [0.15, 0.2) is 54.6 Å². The molecular weight excluding hydrogens is 358 g/mol. The second-order valence-corrected chi connectivity index (χ2v) is 8.68. The first kappa shape index (κ1) is 20.2. The zero-order chi connectivity index (χ0) is 19.9. The number of nitrogens with one attached hydrogen (secondary N) is 2. The van der Waals surface area contributed by atoms with E-state index in [1.165, 1.54) is 69.7 Å². The Morgan fingerprint density at radius 3 is 2.31 bits per heavy atom. The highest BCUT2D eigenvalue weighted by atomic mass is 16.5. The highest BCUT2D eigenvalue weighted by Gasteiger charge is 2.32. The van der Waals surface area contributed by atoms with E-state index in [0.717, 1.165) is 24.9 Å². The number of para-hydroxylation sites is 2. The molecule has 0 saturated carbocycles. The fourth-order valence-electron chi connectivity index (χ4n) is 5.21. The van der Waals surface area contributed by atoms with Crippen molar-refractivity contribution >= 4 is 5.69 Å². The number of piperidine rings is 1. The third-order valence-electron chi connectivity index (χ3n) is 6.94. The lowest BCUT2D eigenvalue weighted by molar-refractivity contribution is -0.958. The fourth-order valence-corrected chi connectivity index (χ4v) is 5.21. The minimum Gasteiger partial charge on any atom is -0.495 e. The number of hydrogen-bond donors (Lipinski definition) is 2. The van der Waals surface area contributed by atoms with Crippen LogP contribution in [0, 0.1) is 0 Å². The van der Waals surface area contributed by atoms with Crippen molar-refractivity contribution in [2.75, 3.05) is 57.8 Å². The Morgan fingerprint density at radius 2 is 1.59 bits per heavy atom. The number of aryl methyl sites for hydroxylation is 1. The third-order valence-corrected chi connectivity index (χ3v) is 6.94. The fraction of sp³-hybridized carbons (Fsp3) is 0.520. The number of ether oxygens (including phenoxy) is 1. The first-order valence-corrected chi connectivity index (χ1v) is 11.4. The second-order valence-electron chi connectivity index (χ2n) is 8.68. The lowest BCUT2D eigenvalue weighted by Gasteiger charge is -2.40. The molecule has 0 unspecified atom stereocenters. The van der Waals surface area contributed by atoms with Crippen LogP contribution in [0.3, 0.4) is 0 Å². The van der Waals surface area contributed by atoms with Crippen molar-refractivity contribution in [3.63, 3.8) is 0 Å². The minimum absolute atomic E-state index is 0.868. The van der Waals surface area contributed by atoms with Crippen molar-refractivity contribution in [1.29, 1.82) is 0 Å². The van der Waals surface area contributed by atoms with Gasteiger partial charge in [0.2, 0.25) is 0 Å². The first-order valence-electron chi connectivity index (χ1n) is 11.4. The van der Waals surface area contributed by atoms with E-state index in [2.05, 4.69) is 59.5 Å². The van der Waals surface area contributed by atoms with Gasteiger partial charge in [0.15, 0.2) is 0 Å². The Balaban J connectivity index is 1.18. The molecule has 4 nitrogen and oxygen atoms in total. The number of methoxy groups -OCH3 is 1. The molecule has 4 heteroatoms. The van der Waals surface area contributed by atoms with Crippen molar-refractivity contribution in [2.45, 2.75) is 31.7 Å². The molecule has 156 valence electrons. The molecule has 2 heterocycles. The highest BCUT2D eigenvalue weighted by molar-refractivity contribution is 5.58. The van der Waals surface area contributed by atoms with Crippen molar-refractivity contribution in [1.82, 2.24) is 0 Å². The monoisotopic (exact) mass is 395 g/mol. The van der Waals surface area contributed by atoms with Gasteiger partial charge < -0.3 is 19.4 Å². The van der Waals surface area contributed by atoms with Gasteiger partial charge in [-0.25, -0.2) is 0 Å². The molecule has 0 bridgehead atoms. The van der Waals surface area contributed by atoms with E-state index >= 15 is 0 Å². The number of likely N-dealkylation sites (tertiary alicyclic amines) is 1. The van der Waals surface area contributed by atoms with Crippen molar-refractivity contribution in [3.05, 3.63) is 60.2 Å². The maximum atomic E-state index is 5.56. The zero-order valence-electron chi connectivity index (χ0n) is 17.9. The molecule has 0 radical (unpaired) electrons.